The van der Waals surface area contributed by atoms with Crippen molar-refractivity contribution in [3.8, 4) is 0 Å². The molecule has 0 aliphatic rings. The van der Waals surface area contributed by atoms with Crippen molar-refractivity contribution in [1.82, 2.24) is 0 Å². The fraction of sp³-hybridized carbons (Fsp3) is 0.143. The first-order valence-electron chi connectivity index (χ1n) is 2.99. The predicted molar refractivity (Wildman–Crippen MR) is 49.2 cm³/mol. The van der Waals surface area contributed by atoms with Crippen molar-refractivity contribution in [2.24, 2.45) is 5.73 Å². The van der Waals surface area contributed by atoms with E-state index in [1.54, 1.807) is 0 Å². The van der Waals surface area contributed by atoms with Gasteiger partial charge in [0, 0.05) is 12.1 Å². The van der Waals surface area contributed by atoms with Crippen molar-refractivity contribution in [1.29, 1.82) is 0 Å². The summed E-state index contributed by atoms with van der Waals surface area (Å²) in [6, 6.07) is 2.88. The molecule has 0 aliphatic heterocycles. The van der Waals surface area contributed by atoms with Crippen LogP contribution in [0.5, 0.6) is 0 Å². The van der Waals surface area contributed by atoms with Gasteiger partial charge in [-0.15, -0.1) is 12.4 Å². The van der Waals surface area contributed by atoms with Gasteiger partial charge in [-0.05, 0) is 22.0 Å². The zero-order valence-electron chi connectivity index (χ0n) is 5.98. The average Bonchev–Trinajstić information content (AvgIpc) is 2.01. The lowest BCUT2D eigenvalue weighted by Gasteiger charge is -2.00. The van der Waals surface area contributed by atoms with Crippen LogP contribution in [0.1, 0.15) is 5.56 Å². The van der Waals surface area contributed by atoms with Gasteiger partial charge in [-0.25, -0.2) is 8.78 Å². The van der Waals surface area contributed by atoms with Gasteiger partial charge < -0.3 is 5.73 Å². The standard InChI is InChI=1S/C7H6BrF2N.ClH/c8-5-2-1-4(3-11)6(9)7(5)10;/h1-2H,3,11H2;1H. The van der Waals surface area contributed by atoms with Gasteiger partial charge in [0.1, 0.15) is 0 Å². The normalized spacial score (nSPS) is 9.33. The molecule has 12 heavy (non-hydrogen) atoms. The molecule has 1 aromatic rings. The second-order valence-corrected chi connectivity index (χ2v) is 2.89. The van der Waals surface area contributed by atoms with E-state index in [1.807, 2.05) is 0 Å². The monoisotopic (exact) mass is 257 g/mol. The smallest absolute Gasteiger partial charge is 0.173 e. The Kier molecular flexibility index (Phi) is 4.67. The molecule has 0 saturated heterocycles. The Morgan fingerprint density at radius 1 is 1.25 bits per heavy atom. The van der Waals surface area contributed by atoms with E-state index in [4.69, 9.17) is 5.73 Å². The van der Waals surface area contributed by atoms with Gasteiger partial charge in [0.15, 0.2) is 11.6 Å². The van der Waals surface area contributed by atoms with Crippen LogP contribution in [-0.4, -0.2) is 0 Å². The van der Waals surface area contributed by atoms with E-state index in [-0.39, 0.29) is 29.0 Å². The highest BCUT2D eigenvalue weighted by molar-refractivity contribution is 9.10. The fourth-order valence-electron chi connectivity index (χ4n) is 0.724. The van der Waals surface area contributed by atoms with Crippen molar-refractivity contribution in [2.45, 2.75) is 6.54 Å². The molecule has 0 fully saturated rings. The van der Waals surface area contributed by atoms with Gasteiger partial charge in [-0.2, -0.15) is 0 Å². The van der Waals surface area contributed by atoms with E-state index < -0.39 is 11.6 Å². The lowest BCUT2D eigenvalue weighted by Crippen LogP contribution is -2.01. The molecule has 68 valence electrons. The van der Waals surface area contributed by atoms with E-state index in [9.17, 15) is 8.78 Å². The summed E-state index contributed by atoms with van der Waals surface area (Å²) < 4.78 is 25.6. The van der Waals surface area contributed by atoms with Gasteiger partial charge in [0.05, 0.1) is 4.47 Å². The minimum Gasteiger partial charge on any atom is -0.326 e. The third kappa shape index (κ3) is 2.15. The molecule has 0 radical (unpaired) electrons. The summed E-state index contributed by atoms with van der Waals surface area (Å²) in [5, 5.41) is 0. The van der Waals surface area contributed by atoms with Crippen molar-refractivity contribution in [3.63, 3.8) is 0 Å². The lowest BCUT2D eigenvalue weighted by molar-refractivity contribution is 0.495. The number of nitrogens with two attached hydrogens (primary N) is 1. The van der Waals surface area contributed by atoms with Crippen LogP contribution in [0, 0.1) is 11.6 Å². The molecule has 1 nitrogen and oxygen atoms in total. The molecular weight excluding hydrogens is 251 g/mol. The lowest BCUT2D eigenvalue weighted by atomic mass is 10.2. The fourth-order valence-corrected chi connectivity index (χ4v) is 1.03. The molecule has 2 N–H and O–H groups in total. The Hall–Kier alpha value is -0.190. The summed E-state index contributed by atoms with van der Waals surface area (Å²) in [6.07, 6.45) is 0. The summed E-state index contributed by atoms with van der Waals surface area (Å²) in [6.45, 7) is 0.00995. The third-order valence-electron chi connectivity index (χ3n) is 1.34. The number of hydrogen-bond donors (Lipinski definition) is 1. The summed E-state index contributed by atoms with van der Waals surface area (Å²) in [4.78, 5) is 0. The predicted octanol–water partition coefficient (Wildman–Crippen LogP) is 2.61. The van der Waals surface area contributed by atoms with Crippen molar-refractivity contribution in [2.75, 3.05) is 0 Å². The second-order valence-electron chi connectivity index (χ2n) is 2.04. The van der Waals surface area contributed by atoms with Gasteiger partial charge in [0.2, 0.25) is 0 Å². The topological polar surface area (TPSA) is 26.0 Å². The Bertz CT molecular complexity index is 280. The second kappa shape index (κ2) is 4.74. The molecule has 0 bridgehead atoms. The van der Waals surface area contributed by atoms with Crippen molar-refractivity contribution < 1.29 is 8.78 Å². The minimum absolute atomic E-state index is 0. The number of halogens is 4. The maximum Gasteiger partial charge on any atom is 0.173 e. The molecule has 0 spiro atoms. The molecule has 1 aromatic carbocycles. The van der Waals surface area contributed by atoms with Crippen LogP contribution in [-0.2, 0) is 6.54 Å². The maximum absolute atomic E-state index is 12.8. The number of rotatable bonds is 1. The minimum atomic E-state index is -0.882. The SMILES string of the molecule is Cl.NCc1ccc(Br)c(F)c1F. The number of hydrogen-bond acceptors (Lipinski definition) is 1. The average molecular weight is 258 g/mol. The molecule has 0 heterocycles. The highest BCUT2D eigenvalue weighted by Crippen LogP contribution is 2.20. The molecule has 0 aliphatic carbocycles. The molecule has 0 amide bonds. The van der Waals surface area contributed by atoms with E-state index in [1.165, 1.54) is 12.1 Å². The Morgan fingerprint density at radius 2 is 1.83 bits per heavy atom. The maximum atomic E-state index is 12.8. The highest BCUT2D eigenvalue weighted by Gasteiger charge is 2.09. The van der Waals surface area contributed by atoms with Crippen LogP contribution >= 0.6 is 28.3 Å². The van der Waals surface area contributed by atoms with E-state index in [0.717, 1.165) is 0 Å². The van der Waals surface area contributed by atoms with Crippen molar-refractivity contribution in [3.05, 3.63) is 33.8 Å². The summed E-state index contributed by atoms with van der Waals surface area (Å²) >= 11 is 2.85. The first kappa shape index (κ1) is 11.8. The third-order valence-corrected chi connectivity index (χ3v) is 1.95. The molecule has 5 heteroatoms. The first-order chi connectivity index (χ1) is 5.16. The van der Waals surface area contributed by atoms with E-state index >= 15 is 0 Å². The summed E-state index contributed by atoms with van der Waals surface area (Å²) in [7, 11) is 0. The van der Waals surface area contributed by atoms with Crippen LogP contribution in [0.2, 0.25) is 0 Å². The zero-order valence-corrected chi connectivity index (χ0v) is 8.38. The van der Waals surface area contributed by atoms with Gasteiger partial charge >= 0.3 is 0 Å². The quantitative estimate of drug-likeness (QED) is 0.770. The molecule has 0 saturated carbocycles. The van der Waals surface area contributed by atoms with E-state index in [2.05, 4.69) is 15.9 Å². The summed E-state index contributed by atoms with van der Waals surface area (Å²) in [5.74, 6) is -1.75. The largest absolute Gasteiger partial charge is 0.326 e. The van der Waals surface area contributed by atoms with Crippen LogP contribution in [0.4, 0.5) is 8.78 Å². The van der Waals surface area contributed by atoms with Crippen molar-refractivity contribution >= 4 is 28.3 Å². The van der Waals surface area contributed by atoms with Crippen LogP contribution in [0.15, 0.2) is 16.6 Å². The van der Waals surface area contributed by atoms with Gasteiger partial charge in [-0.1, -0.05) is 6.07 Å². The molecule has 0 unspecified atom stereocenters. The molecule has 1 rings (SSSR count). The first-order valence-corrected chi connectivity index (χ1v) is 3.78. The number of benzene rings is 1. The van der Waals surface area contributed by atoms with Gasteiger partial charge in [0.25, 0.3) is 0 Å². The summed E-state index contributed by atoms with van der Waals surface area (Å²) in [5.41, 5.74) is 5.33. The Morgan fingerprint density at radius 3 is 2.33 bits per heavy atom. The molecular formula is C7H7BrClF2N. The Labute approximate surface area is 83.5 Å². The molecule has 0 atom stereocenters. The van der Waals surface area contributed by atoms with Crippen LogP contribution in [0.25, 0.3) is 0 Å². The zero-order chi connectivity index (χ0) is 8.43. The highest BCUT2D eigenvalue weighted by atomic mass is 79.9. The van der Waals surface area contributed by atoms with Gasteiger partial charge in [-0.3, -0.25) is 0 Å². The Balaban J connectivity index is 0.00000121. The van der Waals surface area contributed by atoms with Crippen LogP contribution < -0.4 is 5.73 Å². The van der Waals surface area contributed by atoms with Crippen LogP contribution in [0.3, 0.4) is 0 Å². The van der Waals surface area contributed by atoms with E-state index in [0.29, 0.717) is 0 Å². The molecule has 0 aromatic heterocycles.